The second kappa shape index (κ2) is 16.1. The van der Waals surface area contributed by atoms with Gasteiger partial charge in [0.05, 0.1) is 0 Å². The Hall–Kier alpha value is -2.60. The van der Waals surface area contributed by atoms with Crippen molar-refractivity contribution in [3.05, 3.63) is 95.6 Å². The van der Waals surface area contributed by atoms with E-state index in [1.807, 2.05) is 6.07 Å². The molecule has 0 fully saturated rings. The number of thioether (sulfide) groups is 1. The first kappa shape index (κ1) is 27.0. The minimum absolute atomic E-state index is 0.0959. The highest BCUT2D eigenvalue weighted by molar-refractivity contribution is 7.99. The summed E-state index contributed by atoms with van der Waals surface area (Å²) < 4.78 is 0. The van der Waals surface area contributed by atoms with Crippen LogP contribution in [0.15, 0.2) is 83.8 Å². The van der Waals surface area contributed by atoms with Gasteiger partial charge in [0.15, 0.2) is 0 Å². The Bertz CT molecular complexity index is 996. The van der Waals surface area contributed by atoms with E-state index in [0.29, 0.717) is 13.0 Å². The highest BCUT2D eigenvalue weighted by Crippen LogP contribution is 2.28. The van der Waals surface area contributed by atoms with Gasteiger partial charge in [0.1, 0.15) is 0 Å². The average molecular weight is 491 g/mol. The van der Waals surface area contributed by atoms with Crippen LogP contribution in [0.2, 0.25) is 0 Å². The predicted octanol–water partition coefficient (Wildman–Crippen LogP) is 7.26. The fourth-order valence-electron chi connectivity index (χ4n) is 4.05. The molecule has 3 aromatic carbocycles. The number of anilines is 1. The van der Waals surface area contributed by atoms with Crippen molar-refractivity contribution in [3.63, 3.8) is 0 Å². The molecule has 4 nitrogen and oxygen atoms in total. The number of hydrogen-bond donors (Lipinski definition) is 3. The van der Waals surface area contributed by atoms with Crippen LogP contribution in [0.5, 0.6) is 0 Å². The van der Waals surface area contributed by atoms with Crippen molar-refractivity contribution in [2.45, 2.75) is 62.7 Å². The number of unbranched alkanes of at least 4 members (excludes halogenated alkanes) is 4. The van der Waals surface area contributed by atoms with E-state index in [4.69, 9.17) is 5.21 Å². The third-order valence-electron chi connectivity index (χ3n) is 6.01. The van der Waals surface area contributed by atoms with Crippen LogP contribution in [0.1, 0.15) is 61.6 Å². The third-order valence-corrected chi connectivity index (χ3v) is 7.09. The SMILES string of the molecule is O=C(CCCCCCc1ccccc1)Nc1cc(SCCCCNO)ccc1Cc1ccccc1. The normalized spacial score (nSPS) is 10.9. The minimum Gasteiger partial charge on any atom is -0.326 e. The lowest BCUT2D eigenvalue weighted by Crippen LogP contribution is -2.13. The molecule has 0 saturated heterocycles. The van der Waals surface area contributed by atoms with Gasteiger partial charge in [-0.05, 0) is 73.1 Å². The van der Waals surface area contributed by atoms with Gasteiger partial charge in [0, 0.05) is 23.5 Å². The molecule has 0 aliphatic heterocycles. The molecule has 5 heteroatoms. The Morgan fingerprint density at radius 2 is 1.49 bits per heavy atom. The lowest BCUT2D eigenvalue weighted by molar-refractivity contribution is -0.116. The fourth-order valence-corrected chi connectivity index (χ4v) is 5.00. The van der Waals surface area contributed by atoms with Gasteiger partial charge in [-0.25, -0.2) is 5.48 Å². The highest BCUT2D eigenvalue weighted by Gasteiger charge is 2.10. The molecule has 0 unspecified atom stereocenters. The maximum absolute atomic E-state index is 12.8. The van der Waals surface area contributed by atoms with E-state index < -0.39 is 0 Å². The molecule has 0 heterocycles. The van der Waals surface area contributed by atoms with E-state index in [1.54, 1.807) is 11.8 Å². The lowest BCUT2D eigenvalue weighted by atomic mass is 10.0. The molecule has 0 bridgehead atoms. The Morgan fingerprint density at radius 3 is 2.23 bits per heavy atom. The Balaban J connectivity index is 1.49. The van der Waals surface area contributed by atoms with E-state index in [9.17, 15) is 4.79 Å². The maximum Gasteiger partial charge on any atom is 0.224 e. The molecule has 0 radical (unpaired) electrons. The van der Waals surface area contributed by atoms with Gasteiger partial charge < -0.3 is 10.5 Å². The number of carbonyl (C=O) groups excluding carboxylic acids is 1. The number of benzene rings is 3. The monoisotopic (exact) mass is 490 g/mol. The van der Waals surface area contributed by atoms with Gasteiger partial charge >= 0.3 is 0 Å². The number of carbonyl (C=O) groups is 1. The van der Waals surface area contributed by atoms with E-state index in [2.05, 4.69) is 83.6 Å². The van der Waals surface area contributed by atoms with Gasteiger partial charge in [0.2, 0.25) is 5.91 Å². The van der Waals surface area contributed by atoms with Gasteiger partial charge in [-0.3, -0.25) is 4.79 Å². The summed E-state index contributed by atoms with van der Waals surface area (Å²) in [5, 5.41) is 11.9. The summed E-state index contributed by atoms with van der Waals surface area (Å²) in [5.41, 5.74) is 6.89. The van der Waals surface area contributed by atoms with Crippen LogP contribution in [0.25, 0.3) is 0 Å². The van der Waals surface area contributed by atoms with Crippen LogP contribution < -0.4 is 10.8 Å². The zero-order valence-electron chi connectivity index (χ0n) is 20.5. The first-order valence-electron chi connectivity index (χ1n) is 12.7. The largest absolute Gasteiger partial charge is 0.326 e. The molecule has 0 aliphatic rings. The number of hydrogen-bond acceptors (Lipinski definition) is 4. The summed E-state index contributed by atoms with van der Waals surface area (Å²) in [6.45, 7) is 0.615. The number of nitrogens with one attached hydrogen (secondary N) is 2. The molecule has 3 rings (SSSR count). The van der Waals surface area contributed by atoms with Crippen LogP contribution >= 0.6 is 11.8 Å². The molecule has 0 saturated carbocycles. The quantitative estimate of drug-likeness (QED) is 0.112. The summed E-state index contributed by atoms with van der Waals surface area (Å²) in [4.78, 5) is 13.9. The number of rotatable bonds is 16. The maximum atomic E-state index is 12.8. The molecule has 1 amide bonds. The van der Waals surface area contributed by atoms with Crippen molar-refractivity contribution in [1.82, 2.24) is 5.48 Å². The van der Waals surface area contributed by atoms with Crippen molar-refractivity contribution in [2.24, 2.45) is 0 Å². The molecular formula is C30H38N2O2S. The molecule has 0 aliphatic carbocycles. The molecule has 35 heavy (non-hydrogen) atoms. The Labute approximate surface area is 214 Å². The molecular weight excluding hydrogens is 452 g/mol. The molecule has 3 aromatic rings. The number of amides is 1. The first-order chi connectivity index (χ1) is 17.2. The second-order valence-electron chi connectivity index (χ2n) is 8.89. The summed E-state index contributed by atoms with van der Waals surface area (Å²) in [6, 6.07) is 27.4. The van der Waals surface area contributed by atoms with Crippen LogP contribution in [-0.4, -0.2) is 23.4 Å². The van der Waals surface area contributed by atoms with Gasteiger partial charge in [-0.2, -0.15) is 0 Å². The molecule has 0 spiro atoms. The number of aryl methyl sites for hydroxylation is 1. The van der Waals surface area contributed by atoms with Crippen molar-refractivity contribution in [3.8, 4) is 0 Å². The van der Waals surface area contributed by atoms with E-state index >= 15 is 0 Å². The van der Waals surface area contributed by atoms with Crippen molar-refractivity contribution >= 4 is 23.4 Å². The smallest absolute Gasteiger partial charge is 0.224 e. The van der Waals surface area contributed by atoms with Crippen molar-refractivity contribution in [1.29, 1.82) is 0 Å². The van der Waals surface area contributed by atoms with E-state index in [-0.39, 0.29) is 5.91 Å². The van der Waals surface area contributed by atoms with Crippen LogP contribution in [0.3, 0.4) is 0 Å². The summed E-state index contributed by atoms with van der Waals surface area (Å²) in [6.07, 6.45) is 8.74. The van der Waals surface area contributed by atoms with Crippen LogP contribution in [0, 0.1) is 0 Å². The summed E-state index contributed by atoms with van der Waals surface area (Å²) >= 11 is 1.79. The standard InChI is InChI=1S/C30H38N2O2S/c33-30(18-10-2-1-5-13-25-14-6-3-7-15-25)32-29-24-28(35-22-12-11-21-31-34)20-19-27(29)23-26-16-8-4-9-17-26/h3-4,6-9,14-17,19-20,24,31,34H,1-2,5,10-13,18,21-23H2,(H,32,33). The minimum atomic E-state index is 0.0959. The lowest BCUT2D eigenvalue weighted by Gasteiger charge is -2.14. The van der Waals surface area contributed by atoms with Gasteiger partial charge in [-0.15, -0.1) is 11.8 Å². The van der Waals surface area contributed by atoms with Crippen molar-refractivity contribution < 1.29 is 10.0 Å². The van der Waals surface area contributed by atoms with Crippen molar-refractivity contribution in [2.75, 3.05) is 17.6 Å². The van der Waals surface area contributed by atoms with Gasteiger partial charge in [0.25, 0.3) is 0 Å². The van der Waals surface area contributed by atoms with Gasteiger partial charge in [-0.1, -0.05) is 79.6 Å². The topological polar surface area (TPSA) is 61.4 Å². The Kier molecular flexibility index (Phi) is 12.4. The van der Waals surface area contributed by atoms with Crippen LogP contribution in [0.4, 0.5) is 5.69 Å². The highest BCUT2D eigenvalue weighted by atomic mass is 32.2. The molecule has 3 N–H and O–H groups in total. The first-order valence-corrected chi connectivity index (χ1v) is 13.7. The second-order valence-corrected chi connectivity index (χ2v) is 10.1. The van der Waals surface area contributed by atoms with E-state index in [0.717, 1.165) is 66.8 Å². The Morgan fingerprint density at radius 1 is 0.771 bits per heavy atom. The zero-order valence-corrected chi connectivity index (χ0v) is 21.4. The molecule has 186 valence electrons. The number of hydroxylamine groups is 1. The predicted molar refractivity (Wildman–Crippen MR) is 147 cm³/mol. The molecule has 0 aromatic heterocycles. The molecule has 0 atom stereocenters. The van der Waals surface area contributed by atoms with E-state index in [1.165, 1.54) is 17.5 Å². The summed E-state index contributed by atoms with van der Waals surface area (Å²) in [5.74, 6) is 1.08. The fraction of sp³-hybridized carbons (Fsp3) is 0.367. The third kappa shape index (κ3) is 10.7. The van der Waals surface area contributed by atoms with Crippen LogP contribution in [-0.2, 0) is 17.6 Å². The zero-order chi connectivity index (χ0) is 24.6. The summed E-state index contributed by atoms with van der Waals surface area (Å²) in [7, 11) is 0. The average Bonchev–Trinajstić information content (AvgIpc) is 2.88.